The molecular formula is C30H48O4. The highest BCUT2D eigenvalue weighted by molar-refractivity contribution is 5.71. The van der Waals surface area contributed by atoms with Crippen molar-refractivity contribution in [2.24, 2.45) is 56.7 Å². The van der Waals surface area contributed by atoms with Gasteiger partial charge in [-0.15, -0.1) is 0 Å². The van der Waals surface area contributed by atoms with Gasteiger partial charge in [0, 0.05) is 5.41 Å². The second-order valence-electron chi connectivity index (χ2n) is 14.7. The molecule has 4 nitrogen and oxygen atoms in total. The molecule has 0 aromatic carbocycles. The molecule has 0 bridgehead atoms. The molecule has 4 saturated carbocycles. The van der Waals surface area contributed by atoms with Crippen molar-refractivity contribution in [2.75, 3.05) is 0 Å². The molecule has 0 heterocycles. The molecule has 0 radical (unpaired) electrons. The van der Waals surface area contributed by atoms with Gasteiger partial charge in [-0.05, 0) is 96.7 Å². The molecule has 34 heavy (non-hydrogen) atoms. The van der Waals surface area contributed by atoms with Crippen LogP contribution >= 0.6 is 0 Å². The fraction of sp³-hybridized carbons (Fsp3) is 0.900. The number of carbonyl (C=O) groups is 1. The summed E-state index contributed by atoms with van der Waals surface area (Å²) in [4.78, 5) is 12.2. The first-order valence-electron chi connectivity index (χ1n) is 13.9. The number of carboxylic acid groups (broad SMARTS) is 1. The lowest BCUT2D eigenvalue weighted by Gasteiger charge is -2.71. The molecule has 11 atom stereocenters. The molecule has 5 rings (SSSR count). The molecule has 0 spiro atoms. The topological polar surface area (TPSA) is 77.8 Å². The number of allylic oxidation sites excluding steroid dienone is 2. The predicted octanol–water partition coefficient (Wildman–Crippen LogP) is 6.06. The maximum absolute atomic E-state index is 12.2. The number of aliphatic hydroxyl groups is 2. The molecule has 4 unspecified atom stereocenters. The zero-order valence-electron chi connectivity index (χ0n) is 22.5. The smallest absolute Gasteiger partial charge is 0.306 e. The van der Waals surface area contributed by atoms with E-state index in [1.165, 1.54) is 12.0 Å². The monoisotopic (exact) mass is 472 g/mol. The summed E-state index contributed by atoms with van der Waals surface area (Å²) in [5, 5.41) is 32.1. The maximum Gasteiger partial charge on any atom is 0.306 e. The molecule has 5 aliphatic rings. The first-order valence-corrected chi connectivity index (χ1v) is 13.9. The normalized spacial score (nSPS) is 56.3. The number of hydrogen-bond donors (Lipinski definition) is 3. The van der Waals surface area contributed by atoms with Crippen LogP contribution in [0.3, 0.4) is 0 Å². The number of carboxylic acids is 1. The van der Waals surface area contributed by atoms with Crippen LogP contribution in [0.4, 0.5) is 0 Å². The van der Waals surface area contributed by atoms with Crippen molar-refractivity contribution in [1.82, 2.24) is 0 Å². The van der Waals surface area contributed by atoms with Gasteiger partial charge >= 0.3 is 5.97 Å². The highest BCUT2D eigenvalue weighted by atomic mass is 16.4. The van der Waals surface area contributed by atoms with Crippen molar-refractivity contribution < 1.29 is 20.1 Å². The van der Waals surface area contributed by atoms with Gasteiger partial charge in [0.05, 0.1) is 18.1 Å². The molecule has 0 aromatic rings. The van der Waals surface area contributed by atoms with Crippen LogP contribution in [0.25, 0.3) is 0 Å². The summed E-state index contributed by atoms with van der Waals surface area (Å²) in [7, 11) is 0. The van der Waals surface area contributed by atoms with Crippen LogP contribution in [0.15, 0.2) is 11.6 Å². The molecule has 192 valence electrons. The molecule has 4 fully saturated rings. The first kappa shape index (κ1) is 24.8. The fourth-order valence-corrected chi connectivity index (χ4v) is 11.0. The number of aliphatic hydroxyl groups excluding tert-OH is 2. The number of fused-ring (bicyclic) bond motifs is 7. The molecule has 0 aromatic heterocycles. The lowest BCUT2D eigenvalue weighted by molar-refractivity contribution is -0.209. The minimum atomic E-state index is -0.752. The second-order valence-corrected chi connectivity index (χ2v) is 14.7. The lowest BCUT2D eigenvalue weighted by Crippen LogP contribution is -2.65. The Morgan fingerprint density at radius 3 is 2.21 bits per heavy atom. The van der Waals surface area contributed by atoms with E-state index in [4.69, 9.17) is 0 Å². The molecule has 3 N–H and O–H groups in total. The Morgan fingerprint density at radius 2 is 1.56 bits per heavy atom. The lowest BCUT2D eigenvalue weighted by atomic mass is 9.33. The average molecular weight is 473 g/mol. The van der Waals surface area contributed by atoms with E-state index in [9.17, 15) is 20.1 Å². The zero-order valence-corrected chi connectivity index (χ0v) is 22.5. The Bertz CT molecular complexity index is 907. The van der Waals surface area contributed by atoms with Crippen molar-refractivity contribution in [2.45, 2.75) is 112 Å². The van der Waals surface area contributed by atoms with Crippen LogP contribution in [0.1, 0.15) is 99.8 Å². The summed E-state index contributed by atoms with van der Waals surface area (Å²) in [5.41, 5.74) is 1.57. The average Bonchev–Trinajstić information content (AvgIpc) is 2.74. The minimum Gasteiger partial charge on any atom is -0.481 e. The summed E-state index contributed by atoms with van der Waals surface area (Å²) >= 11 is 0. The minimum absolute atomic E-state index is 0.0304. The highest BCUT2D eigenvalue weighted by Crippen LogP contribution is 2.75. The van der Waals surface area contributed by atoms with Gasteiger partial charge in [-0.2, -0.15) is 0 Å². The van der Waals surface area contributed by atoms with E-state index >= 15 is 0 Å². The molecule has 0 amide bonds. The van der Waals surface area contributed by atoms with Gasteiger partial charge in [0.25, 0.3) is 0 Å². The molecule has 4 heteroatoms. The third-order valence-electron chi connectivity index (χ3n) is 13.4. The van der Waals surface area contributed by atoms with Gasteiger partial charge in [-0.25, -0.2) is 0 Å². The maximum atomic E-state index is 12.2. The second kappa shape index (κ2) is 7.34. The number of hydrogen-bond acceptors (Lipinski definition) is 3. The van der Waals surface area contributed by atoms with Crippen LogP contribution < -0.4 is 0 Å². The standard InChI is InChI=1S/C30H48O4/c1-17-18(25(33)34)16-23(32)28(5)14-15-29(6)19(24(17)28)8-9-21-27(4)12-11-22(31)26(2,3)20(27)10-13-30(21,29)7/h8,17-18,20-24,31-32H,9-16H2,1-7H3,(H,33,34)/t17-,18+,20?,21?,22-,23?,24-,27-,28-,29?,30+/m0/s1. The van der Waals surface area contributed by atoms with E-state index in [0.717, 1.165) is 38.5 Å². The van der Waals surface area contributed by atoms with Crippen LogP contribution in [0, 0.1) is 56.7 Å². The van der Waals surface area contributed by atoms with E-state index in [-0.39, 0.29) is 45.0 Å². The Morgan fingerprint density at radius 1 is 0.882 bits per heavy atom. The van der Waals surface area contributed by atoms with Gasteiger partial charge in [0.2, 0.25) is 0 Å². The van der Waals surface area contributed by atoms with Crippen LogP contribution in [-0.4, -0.2) is 33.5 Å². The Labute approximate surface area is 206 Å². The quantitative estimate of drug-likeness (QED) is 0.405. The van der Waals surface area contributed by atoms with E-state index < -0.39 is 18.0 Å². The van der Waals surface area contributed by atoms with Crippen molar-refractivity contribution in [3.05, 3.63) is 11.6 Å². The van der Waals surface area contributed by atoms with Crippen molar-refractivity contribution in [3.63, 3.8) is 0 Å². The van der Waals surface area contributed by atoms with Gasteiger partial charge in [-0.3, -0.25) is 4.79 Å². The summed E-state index contributed by atoms with van der Waals surface area (Å²) in [6.07, 6.45) is 9.55. The Balaban J connectivity index is 1.60. The molecule has 0 aliphatic heterocycles. The van der Waals surface area contributed by atoms with Crippen LogP contribution in [0.5, 0.6) is 0 Å². The van der Waals surface area contributed by atoms with Crippen LogP contribution in [0.2, 0.25) is 0 Å². The van der Waals surface area contributed by atoms with Gasteiger partial charge in [0.1, 0.15) is 0 Å². The van der Waals surface area contributed by atoms with Crippen molar-refractivity contribution in [1.29, 1.82) is 0 Å². The summed E-state index contributed by atoms with van der Waals surface area (Å²) < 4.78 is 0. The fourth-order valence-electron chi connectivity index (χ4n) is 11.0. The summed E-state index contributed by atoms with van der Waals surface area (Å²) in [6.45, 7) is 16.5. The highest BCUT2D eigenvalue weighted by Gasteiger charge is 2.69. The molecule has 5 aliphatic carbocycles. The van der Waals surface area contributed by atoms with Crippen LogP contribution in [-0.2, 0) is 4.79 Å². The van der Waals surface area contributed by atoms with Gasteiger partial charge in [-0.1, -0.05) is 60.1 Å². The van der Waals surface area contributed by atoms with E-state index in [1.807, 2.05) is 0 Å². The van der Waals surface area contributed by atoms with E-state index in [0.29, 0.717) is 18.3 Å². The van der Waals surface area contributed by atoms with Gasteiger partial charge < -0.3 is 15.3 Å². The number of aliphatic carboxylic acids is 1. The third kappa shape index (κ3) is 2.82. The summed E-state index contributed by atoms with van der Waals surface area (Å²) in [6, 6.07) is 0. The Kier molecular flexibility index (Phi) is 5.36. The van der Waals surface area contributed by atoms with E-state index in [1.54, 1.807) is 0 Å². The van der Waals surface area contributed by atoms with Crippen molar-refractivity contribution in [3.8, 4) is 0 Å². The zero-order chi connectivity index (χ0) is 25.1. The van der Waals surface area contributed by atoms with Gasteiger partial charge in [0.15, 0.2) is 0 Å². The predicted molar refractivity (Wildman–Crippen MR) is 134 cm³/mol. The largest absolute Gasteiger partial charge is 0.481 e. The first-order chi connectivity index (χ1) is 15.6. The molecule has 0 saturated heterocycles. The molecular weight excluding hydrogens is 424 g/mol. The summed E-state index contributed by atoms with van der Waals surface area (Å²) in [5.74, 6) is 0.0357. The van der Waals surface area contributed by atoms with E-state index in [2.05, 4.69) is 54.5 Å². The Hall–Kier alpha value is -0.870. The number of rotatable bonds is 1. The SMILES string of the molecule is C[C@@H]1[C@H]2C3=CCC4[C@@]5(C)CC[C@H](O)C(C)(C)C5CC[C@@]4(C)C3(C)CC[C@@]2(C)C(O)C[C@H]1C(=O)O. The van der Waals surface area contributed by atoms with Crippen molar-refractivity contribution >= 4 is 5.97 Å². The third-order valence-corrected chi connectivity index (χ3v) is 13.4.